The molecule has 52 valence electrons. The summed E-state index contributed by atoms with van der Waals surface area (Å²) in [6.07, 6.45) is -0.488. The van der Waals surface area contributed by atoms with Gasteiger partial charge < -0.3 is 9.84 Å². The molecule has 0 aliphatic carbocycles. The smallest absolute Gasteiger partial charge is 0.119 e. The fourth-order valence-electron chi connectivity index (χ4n) is 0.872. The Morgan fingerprint density at radius 1 is 1.78 bits per heavy atom. The van der Waals surface area contributed by atoms with Crippen molar-refractivity contribution in [1.29, 1.82) is 0 Å². The lowest BCUT2D eigenvalue weighted by Crippen LogP contribution is -2.25. The van der Waals surface area contributed by atoms with E-state index in [2.05, 4.69) is 6.58 Å². The van der Waals surface area contributed by atoms with E-state index in [9.17, 15) is 5.11 Å². The zero-order valence-corrected chi connectivity index (χ0v) is 5.85. The predicted molar refractivity (Wildman–Crippen MR) is 34.9 cm³/mol. The summed E-state index contributed by atoms with van der Waals surface area (Å²) in [6, 6.07) is 0. The highest BCUT2D eigenvalue weighted by atomic mass is 16.5. The summed E-state index contributed by atoms with van der Waals surface area (Å²) in [7, 11) is 0. The predicted octanol–water partition coefficient (Wildman–Crippen LogP) is 0.917. The summed E-state index contributed by atoms with van der Waals surface area (Å²) in [6.45, 7) is 8.04. The van der Waals surface area contributed by atoms with E-state index in [1.165, 1.54) is 0 Å². The Labute approximate surface area is 55.1 Å². The van der Waals surface area contributed by atoms with Crippen LogP contribution in [0.15, 0.2) is 12.3 Å². The van der Waals surface area contributed by atoms with Gasteiger partial charge in [-0.1, -0.05) is 20.4 Å². The number of ether oxygens (including phenoxy) is 1. The molecule has 0 saturated carbocycles. The van der Waals surface area contributed by atoms with Crippen molar-refractivity contribution in [3.8, 4) is 0 Å². The number of hydrogen-bond donors (Lipinski definition) is 1. The van der Waals surface area contributed by atoms with E-state index in [1.807, 2.05) is 13.8 Å². The number of aliphatic hydroxyl groups is 1. The van der Waals surface area contributed by atoms with Crippen LogP contribution in [-0.4, -0.2) is 17.8 Å². The average molecular weight is 128 g/mol. The Morgan fingerprint density at radius 3 is 2.44 bits per heavy atom. The summed E-state index contributed by atoms with van der Waals surface area (Å²) < 4.78 is 5.04. The van der Waals surface area contributed by atoms with Gasteiger partial charge in [-0.2, -0.15) is 0 Å². The molecule has 1 N–H and O–H groups in total. The molecule has 1 unspecified atom stereocenters. The maximum Gasteiger partial charge on any atom is 0.119 e. The Hall–Kier alpha value is -0.500. The molecule has 2 nitrogen and oxygen atoms in total. The van der Waals surface area contributed by atoms with Gasteiger partial charge in [0.1, 0.15) is 11.9 Å². The molecule has 1 aliphatic heterocycles. The second-order valence-corrected chi connectivity index (χ2v) is 3.15. The zero-order chi connectivity index (χ0) is 7.07. The number of rotatable bonds is 0. The van der Waals surface area contributed by atoms with E-state index < -0.39 is 6.10 Å². The Bertz CT molecular complexity index is 138. The lowest BCUT2D eigenvalue weighted by molar-refractivity contribution is 0.112. The topological polar surface area (TPSA) is 29.5 Å². The van der Waals surface area contributed by atoms with Crippen LogP contribution < -0.4 is 0 Å². The third-order valence-corrected chi connectivity index (χ3v) is 1.67. The fourth-order valence-corrected chi connectivity index (χ4v) is 0.872. The van der Waals surface area contributed by atoms with Crippen LogP contribution in [0, 0.1) is 5.41 Å². The van der Waals surface area contributed by atoms with Gasteiger partial charge in [-0.25, -0.2) is 0 Å². The van der Waals surface area contributed by atoms with E-state index in [0.717, 1.165) is 0 Å². The van der Waals surface area contributed by atoms with Gasteiger partial charge in [-0.15, -0.1) is 0 Å². The molecular weight excluding hydrogens is 116 g/mol. The van der Waals surface area contributed by atoms with Crippen molar-refractivity contribution in [2.45, 2.75) is 20.0 Å². The van der Waals surface area contributed by atoms with Crippen LogP contribution in [0.2, 0.25) is 0 Å². The molecule has 1 fully saturated rings. The third kappa shape index (κ3) is 0.944. The molecule has 1 heterocycles. The number of aliphatic hydroxyl groups excluding tert-OH is 1. The first kappa shape index (κ1) is 6.62. The van der Waals surface area contributed by atoms with Crippen molar-refractivity contribution in [1.82, 2.24) is 0 Å². The van der Waals surface area contributed by atoms with Crippen molar-refractivity contribution in [3.63, 3.8) is 0 Å². The van der Waals surface area contributed by atoms with Gasteiger partial charge in [0.25, 0.3) is 0 Å². The van der Waals surface area contributed by atoms with Crippen LogP contribution in [0.3, 0.4) is 0 Å². The summed E-state index contributed by atoms with van der Waals surface area (Å²) in [5, 5.41) is 9.30. The maximum absolute atomic E-state index is 9.30. The number of hydrogen-bond acceptors (Lipinski definition) is 2. The van der Waals surface area contributed by atoms with Gasteiger partial charge >= 0.3 is 0 Å². The van der Waals surface area contributed by atoms with Gasteiger partial charge in [-0.3, -0.25) is 0 Å². The lowest BCUT2D eigenvalue weighted by Gasteiger charge is -2.17. The Morgan fingerprint density at radius 2 is 2.33 bits per heavy atom. The summed E-state index contributed by atoms with van der Waals surface area (Å²) in [5.74, 6) is 0.500. The Kier molecular flexibility index (Phi) is 1.28. The zero-order valence-electron chi connectivity index (χ0n) is 5.85. The van der Waals surface area contributed by atoms with E-state index >= 15 is 0 Å². The van der Waals surface area contributed by atoms with E-state index in [4.69, 9.17) is 4.74 Å². The average Bonchev–Trinajstić information content (AvgIpc) is 1.97. The quantitative estimate of drug-likeness (QED) is 0.525. The molecule has 1 atom stereocenters. The van der Waals surface area contributed by atoms with Crippen molar-refractivity contribution >= 4 is 0 Å². The molecule has 1 saturated heterocycles. The monoisotopic (exact) mass is 128 g/mol. The van der Waals surface area contributed by atoms with E-state index in [0.29, 0.717) is 12.4 Å². The van der Waals surface area contributed by atoms with E-state index in [1.54, 1.807) is 0 Å². The first-order valence-corrected chi connectivity index (χ1v) is 3.04. The molecule has 0 aromatic rings. The second kappa shape index (κ2) is 1.74. The highest BCUT2D eigenvalue weighted by Gasteiger charge is 2.37. The molecule has 0 aromatic carbocycles. The summed E-state index contributed by atoms with van der Waals surface area (Å²) >= 11 is 0. The van der Waals surface area contributed by atoms with Gasteiger partial charge in [0.2, 0.25) is 0 Å². The van der Waals surface area contributed by atoms with Gasteiger partial charge in [0, 0.05) is 5.41 Å². The molecule has 0 aromatic heterocycles. The highest BCUT2D eigenvalue weighted by Crippen LogP contribution is 2.32. The molecule has 0 bridgehead atoms. The van der Waals surface area contributed by atoms with Crippen LogP contribution in [0.5, 0.6) is 0 Å². The molecule has 0 radical (unpaired) electrons. The van der Waals surface area contributed by atoms with Crippen molar-refractivity contribution in [2.75, 3.05) is 6.61 Å². The second-order valence-electron chi connectivity index (χ2n) is 3.15. The summed E-state index contributed by atoms with van der Waals surface area (Å²) in [5.41, 5.74) is -0.142. The molecule has 2 heteroatoms. The first-order valence-electron chi connectivity index (χ1n) is 3.04. The lowest BCUT2D eigenvalue weighted by atomic mass is 9.89. The van der Waals surface area contributed by atoms with Crippen LogP contribution >= 0.6 is 0 Å². The van der Waals surface area contributed by atoms with Crippen LogP contribution in [0.1, 0.15) is 13.8 Å². The van der Waals surface area contributed by atoms with Crippen LogP contribution in [0.25, 0.3) is 0 Å². The fraction of sp³-hybridized carbons (Fsp3) is 0.714. The van der Waals surface area contributed by atoms with Gasteiger partial charge in [0.15, 0.2) is 0 Å². The minimum Gasteiger partial charge on any atom is -0.495 e. The Balaban J connectivity index is 2.73. The van der Waals surface area contributed by atoms with Crippen molar-refractivity contribution < 1.29 is 9.84 Å². The normalized spacial score (nSPS) is 32.3. The molecule has 0 amide bonds. The molecule has 1 rings (SSSR count). The molecule has 0 spiro atoms. The van der Waals surface area contributed by atoms with Crippen LogP contribution in [0.4, 0.5) is 0 Å². The molecule has 9 heavy (non-hydrogen) atoms. The highest BCUT2D eigenvalue weighted by molar-refractivity contribution is 5.05. The van der Waals surface area contributed by atoms with Gasteiger partial charge in [0.05, 0.1) is 6.61 Å². The van der Waals surface area contributed by atoms with Crippen molar-refractivity contribution in [2.24, 2.45) is 5.41 Å². The molecule has 1 aliphatic rings. The SMILES string of the molecule is C=C1OCC(C)(C)C1O. The third-order valence-electron chi connectivity index (χ3n) is 1.67. The first-order chi connectivity index (χ1) is 4.04. The largest absolute Gasteiger partial charge is 0.495 e. The summed E-state index contributed by atoms with van der Waals surface area (Å²) in [4.78, 5) is 0. The minimum absolute atomic E-state index is 0.142. The molecular formula is C7H12O2. The van der Waals surface area contributed by atoms with E-state index in [-0.39, 0.29) is 5.41 Å². The standard InChI is InChI=1S/C7H12O2/c1-5-6(8)7(2,3)4-9-5/h6,8H,1,4H2,2-3H3. The van der Waals surface area contributed by atoms with Crippen LogP contribution in [-0.2, 0) is 4.74 Å². The van der Waals surface area contributed by atoms with Gasteiger partial charge in [-0.05, 0) is 0 Å². The maximum atomic E-state index is 9.30. The van der Waals surface area contributed by atoms with Crippen molar-refractivity contribution in [3.05, 3.63) is 12.3 Å². The minimum atomic E-state index is -0.488.